The summed E-state index contributed by atoms with van der Waals surface area (Å²) in [6, 6.07) is 5.31. The SMILES string of the molecule is Cc1cc(N)ccc1C(=O)c1c(F)cc(F)cc1F. The molecule has 0 atom stereocenters. The quantitative estimate of drug-likeness (QED) is 0.669. The van der Waals surface area contributed by atoms with Crippen LogP contribution in [0.3, 0.4) is 0 Å². The lowest BCUT2D eigenvalue weighted by Crippen LogP contribution is -2.10. The molecule has 2 aromatic rings. The lowest BCUT2D eigenvalue weighted by atomic mass is 9.98. The van der Waals surface area contributed by atoms with Crippen LogP contribution < -0.4 is 5.73 Å². The molecule has 5 heteroatoms. The summed E-state index contributed by atoms with van der Waals surface area (Å²) >= 11 is 0. The monoisotopic (exact) mass is 265 g/mol. The Morgan fingerprint density at radius 3 is 2.16 bits per heavy atom. The molecule has 0 saturated carbocycles. The lowest BCUT2D eigenvalue weighted by molar-refractivity contribution is 0.103. The van der Waals surface area contributed by atoms with E-state index in [1.54, 1.807) is 6.92 Å². The van der Waals surface area contributed by atoms with Gasteiger partial charge in [0.1, 0.15) is 17.5 Å². The maximum Gasteiger partial charge on any atom is 0.199 e. The molecule has 0 amide bonds. The van der Waals surface area contributed by atoms with Gasteiger partial charge in [-0.3, -0.25) is 4.79 Å². The van der Waals surface area contributed by atoms with Gasteiger partial charge in [-0.2, -0.15) is 0 Å². The second-order valence-corrected chi connectivity index (χ2v) is 4.15. The summed E-state index contributed by atoms with van der Waals surface area (Å²) in [5, 5.41) is 0. The Balaban J connectivity index is 2.56. The van der Waals surface area contributed by atoms with Crippen LogP contribution >= 0.6 is 0 Å². The van der Waals surface area contributed by atoms with Crippen molar-refractivity contribution in [3.63, 3.8) is 0 Å². The molecule has 0 bridgehead atoms. The zero-order valence-corrected chi connectivity index (χ0v) is 10.0. The van der Waals surface area contributed by atoms with Gasteiger partial charge in [-0.25, -0.2) is 13.2 Å². The topological polar surface area (TPSA) is 43.1 Å². The van der Waals surface area contributed by atoms with Crippen LogP contribution in [0.2, 0.25) is 0 Å². The minimum absolute atomic E-state index is 0.124. The van der Waals surface area contributed by atoms with Crippen LogP contribution in [0.1, 0.15) is 21.5 Å². The first-order chi connectivity index (χ1) is 8.90. The number of nitrogens with two attached hydrogens (primary N) is 1. The van der Waals surface area contributed by atoms with E-state index in [9.17, 15) is 18.0 Å². The Hall–Kier alpha value is -2.30. The van der Waals surface area contributed by atoms with Gasteiger partial charge in [0, 0.05) is 23.4 Å². The highest BCUT2D eigenvalue weighted by molar-refractivity contribution is 6.10. The first kappa shape index (κ1) is 13.1. The van der Waals surface area contributed by atoms with Gasteiger partial charge in [-0.05, 0) is 30.7 Å². The van der Waals surface area contributed by atoms with E-state index in [1.807, 2.05) is 0 Å². The average Bonchev–Trinajstić information content (AvgIpc) is 2.26. The second-order valence-electron chi connectivity index (χ2n) is 4.15. The molecule has 2 N–H and O–H groups in total. The molecule has 0 aromatic heterocycles. The summed E-state index contributed by atoms with van der Waals surface area (Å²) in [4.78, 5) is 12.1. The summed E-state index contributed by atoms with van der Waals surface area (Å²) in [7, 11) is 0. The summed E-state index contributed by atoms with van der Waals surface area (Å²) in [6.07, 6.45) is 0. The number of nitrogen functional groups attached to an aromatic ring is 1. The number of aryl methyl sites for hydroxylation is 1. The fourth-order valence-corrected chi connectivity index (χ4v) is 1.84. The van der Waals surface area contributed by atoms with Crippen LogP contribution in [-0.2, 0) is 0 Å². The minimum Gasteiger partial charge on any atom is -0.399 e. The molecule has 98 valence electrons. The Morgan fingerprint density at radius 2 is 1.63 bits per heavy atom. The second kappa shape index (κ2) is 4.76. The molecule has 0 fully saturated rings. The summed E-state index contributed by atoms with van der Waals surface area (Å²) < 4.78 is 39.9. The number of halogens is 3. The van der Waals surface area contributed by atoms with E-state index in [0.29, 0.717) is 23.4 Å². The third-order valence-electron chi connectivity index (χ3n) is 2.73. The van der Waals surface area contributed by atoms with Crippen LogP contribution in [0.25, 0.3) is 0 Å². The molecular weight excluding hydrogens is 255 g/mol. The van der Waals surface area contributed by atoms with E-state index >= 15 is 0 Å². The molecular formula is C14H10F3NO. The number of anilines is 1. The van der Waals surface area contributed by atoms with E-state index in [1.165, 1.54) is 18.2 Å². The van der Waals surface area contributed by atoms with Crippen LogP contribution in [-0.4, -0.2) is 5.78 Å². The van der Waals surface area contributed by atoms with Crippen molar-refractivity contribution in [2.45, 2.75) is 6.92 Å². The molecule has 0 spiro atoms. The van der Waals surface area contributed by atoms with Crippen molar-refractivity contribution in [2.75, 3.05) is 5.73 Å². The number of hydrogen-bond acceptors (Lipinski definition) is 2. The molecule has 2 nitrogen and oxygen atoms in total. The van der Waals surface area contributed by atoms with Crippen molar-refractivity contribution >= 4 is 11.5 Å². The Bertz CT molecular complexity index is 645. The van der Waals surface area contributed by atoms with E-state index in [-0.39, 0.29) is 5.56 Å². The van der Waals surface area contributed by atoms with E-state index in [2.05, 4.69) is 0 Å². The number of carbonyl (C=O) groups is 1. The fraction of sp³-hybridized carbons (Fsp3) is 0.0714. The van der Waals surface area contributed by atoms with Crippen LogP contribution in [0.4, 0.5) is 18.9 Å². The van der Waals surface area contributed by atoms with Crippen molar-refractivity contribution in [1.82, 2.24) is 0 Å². The number of ketones is 1. The highest BCUT2D eigenvalue weighted by Gasteiger charge is 2.21. The largest absolute Gasteiger partial charge is 0.399 e. The summed E-state index contributed by atoms with van der Waals surface area (Å²) in [5.41, 5.74) is 5.82. The summed E-state index contributed by atoms with van der Waals surface area (Å²) in [6.45, 7) is 1.60. The molecule has 19 heavy (non-hydrogen) atoms. The van der Waals surface area contributed by atoms with Crippen molar-refractivity contribution < 1.29 is 18.0 Å². The van der Waals surface area contributed by atoms with Crippen LogP contribution in [0.5, 0.6) is 0 Å². The molecule has 0 unspecified atom stereocenters. The van der Waals surface area contributed by atoms with E-state index in [0.717, 1.165) is 0 Å². The lowest BCUT2D eigenvalue weighted by Gasteiger charge is -2.08. The van der Waals surface area contributed by atoms with Crippen molar-refractivity contribution in [3.8, 4) is 0 Å². The fourth-order valence-electron chi connectivity index (χ4n) is 1.84. The number of carbonyl (C=O) groups excluding carboxylic acids is 1. The predicted octanol–water partition coefficient (Wildman–Crippen LogP) is 3.23. The molecule has 0 aliphatic rings. The van der Waals surface area contributed by atoms with Gasteiger partial charge in [0.25, 0.3) is 0 Å². The molecule has 0 aliphatic carbocycles. The zero-order chi connectivity index (χ0) is 14.2. The number of rotatable bonds is 2. The van der Waals surface area contributed by atoms with Gasteiger partial charge in [0.2, 0.25) is 0 Å². The van der Waals surface area contributed by atoms with Crippen molar-refractivity contribution in [2.24, 2.45) is 0 Å². The van der Waals surface area contributed by atoms with Gasteiger partial charge < -0.3 is 5.73 Å². The summed E-state index contributed by atoms with van der Waals surface area (Å²) in [5.74, 6) is -4.36. The molecule has 2 aromatic carbocycles. The zero-order valence-electron chi connectivity index (χ0n) is 10.0. The van der Waals surface area contributed by atoms with Crippen molar-refractivity contribution in [1.29, 1.82) is 0 Å². The normalized spacial score (nSPS) is 10.5. The smallest absolute Gasteiger partial charge is 0.199 e. The molecule has 0 aliphatic heterocycles. The third kappa shape index (κ3) is 2.45. The number of benzene rings is 2. The van der Waals surface area contributed by atoms with Gasteiger partial charge in [-0.1, -0.05) is 0 Å². The average molecular weight is 265 g/mol. The van der Waals surface area contributed by atoms with E-state index < -0.39 is 28.8 Å². The van der Waals surface area contributed by atoms with Gasteiger partial charge in [0.05, 0.1) is 5.56 Å². The van der Waals surface area contributed by atoms with E-state index in [4.69, 9.17) is 5.73 Å². The minimum atomic E-state index is -1.22. The standard InChI is InChI=1S/C14H10F3NO/c1-7-4-9(18)2-3-10(7)14(19)13-11(16)5-8(15)6-12(13)17/h2-6H,18H2,1H3. The maximum absolute atomic E-state index is 13.5. The predicted molar refractivity (Wildman–Crippen MR) is 65.3 cm³/mol. The highest BCUT2D eigenvalue weighted by atomic mass is 19.1. The Labute approximate surface area is 107 Å². The van der Waals surface area contributed by atoms with Gasteiger partial charge in [0.15, 0.2) is 5.78 Å². The van der Waals surface area contributed by atoms with Crippen molar-refractivity contribution in [3.05, 3.63) is 64.5 Å². The Kier molecular flexibility index (Phi) is 3.29. The third-order valence-corrected chi connectivity index (χ3v) is 2.73. The van der Waals surface area contributed by atoms with Crippen LogP contribution in [0, 0.1) is 24.4 Å². The molecule has 0 heterocycles. The first-order valence-electron chi connectivity index (χ1n) is 5.45. The van der Waals surface area contributed by atoms with Gasteiger partial charge >= 0.3 is 0 Å². The van der Waals surface area contributed by atoms with Crippen LogP contribution in [0.15, 0.2) is 30.3 Å². The molecule has 0 radical (unpaired) electrons. The highest BCUT2D eigenvalue weighted by Crippen LogP contribution is 2.21. The molecule has 2 rings (SSSR count). The van der Waals surface area contributed by atoms with Gasteiger partial charge in [-0.15, -0.1) is 0 Å². The first-order valence-corrected chi connectivity index (χ1v) is 5.45. The maximum atomic E-state index is 13.5. The Morgan fingerprint density at radius 1 is 1.05 bits per heavy atom. The number of hydrogen-bond donors (Lipinski definition) is 1. The molecule has 0 saturated heterocycles.